The van der Waals surface area contributed by atoms with E-state index in [0.717, 1.165) is 18.5 Å². The zero-order valence-electron chi connectivity index (χ0n) is 11.3. The molecule has 0 spiro atoms. The van der Waals surface area contributed by atoms with Crippen molar-refractivity contribution >= 4 is 34.7 Å². The van der Waals surface area contributed by atoms with Gasteiger partial charge in [0.05, 0.1) is 12.8 Å². The summed E-state index contributed by atoms with van der Waals surface area (Å²) in [5.74, 6) is 2.01. The van der Waals surface area contributed by atoms with Crippen molar-refractivity contribution in [3.05, 3.63) is 40.3 Å². The van der Waals surface area contributed by atoms with Crippen molar-refractivity contribution in [3.63, 3.8) is 0 Å². The van der Waals surface area contributed by atoms with Gasteiger partial charge < -0.3 is 10.1 Å². The fourth-order valence-corrected chi connectivity index (χ4v) is 2.15. The Hall–Kier alpha value is -1.52. The molecule has 0 unspecified atom stereocenters. The smallest absolute Gasteiger partial charge is 0.142 e. The largest absolute Gasteiger partial charge is 0.495 e. The summed E-state index contributed by atoms with van der Waals surface area (Å²) in [4.78, 5) is 8.60. The average molecular weight is 312 g/mol. The van der Waals surface area contributed by atoms with Gasteiger partial charge in [0.2, 0.25) is 0 Å². The van der Waals surface area contributed by atoms with Crippen LogP contribution in [0.15, 0.2) is 24.3 Å². The molecule has 0 saturated heterocycles. The van der Waals surface area contributed by atoms with Crippen LogP contribution in [-0.4, -0.2) is 17.1 Å². The molecule has 106 valence electrons. The van der Waals surface area contributed by atoms with E-state index in [1.54, 1.807) is 31.4 Å². The van der Waals surface area contributed by atoms with E-state index in [0.29, 0.717) is 27.6 Å². The minimum atomic E-state index is 0.409. The van der Waals surface area contributed by atoms with Crippen molar-refractivity contribution in [1.29, 1.82) is 0 Å². The number of rotatable bonds is 5. The molecule has 4 nitrogen and oxygen atoms in total. The third kappa shape index (κ3) is 3.74. The van der Waals surface area contributed by atoms with Crippen LogP contribution in [0.4, 0.5) is 11.5 Å². The van der Waals surface area contributed by atoms with Crippen LogP contribution in [0.3, 0.4) is 0 Å². The van der Waals surface area contributed by atoms with Crippen LogP contribution in [-0.2, 0) is 6.42 Å². The lowest BCUT2D eigenvalue weighted by Crippen LogP contribution is -2.01. The van der Waals surface area contributed by atoms with Gasteiger partial charge in [-0.15, -0.1) is 0 Å². The predicted octanol–water partition coefficient (Wildman–Crippen LogP) is 4.49. The first-order valence-electron chi connectivity index (χ1n) is 6.26. The zero-order chi connectivity index (χ0) is 14.5. The second-order valence-corrected chi connectivity index (χ2v) is 5.04. The highest BCUT2D eigenvalue weighted by Crippen LogP contribution is 2.30. The van der Waals surface area contributed by atoms with E-state index < -0.39 is 0 Å². The second kappa shape index (κ2) is 6.77. The molecular formula is C14H15Cl2N3O. The van der Waals surface area contributed by atoms with Gasteiger partial charge in [0.15, 0.2) is 0 Å². The fourth-order valence-electron chi connectivity index (χ4n) is 1.78. The van der Waals surface area contributed by atoms with Gasteiger partial charge in [-0.2, -0.15) is 0 Å². The maximum Gasteiger partial charge on any atom is 0.142 e. The summed E-state index contributed by atoms with van der Waals surface area (Å²) in [6, 6.07) is 7.00. The summed E-state index contributed by atoms with van der Waals surface area (Å²) in [6.07, 6.45) is 1.74. The van der Waals surface area contributed by atoms with E-state index >= 15 is 0 Å². The normalized spacial score (nSPS) is 10.4. The van der Waals surface area contributed by atoms with Crippen molar-refractivity contribution in [2.75, 3.05) is 12.4 Å². The molecule has 0 saturated carbocycles. The second-order valence-electron chi connectivity index (χ2n) is 4.21. The van der Waals surface area contributed by atoms with Crippen molar-refractivity contribution in [2.24, 2.45) is 0 Å². The number of hydrogen-bond acceptors (Lipinski definition) is 4. The van der Waals surface area contributed by atoms with Gasteiger partial charge in [0.1, 0.15) is 22.5 Å². The summed E-state index contributed by atoms with van der Waals surface area (Å²) >= 11 is 12.0. The van der Waals surface area contributed by atoms with E-state index in [-0.39, 0.29) is 0 Å². The van der Waals surface area contributed by atoms with Crippen LogP contribution in [0.1, 0.15) is 19.2 Å². The minimum Gasteiger partial charge on any atom is -0.495 e. The Morgan fingerprint density at radius 1 is 1.20 bits per heavy atom. The number of nitrogens with one attached hydrogen (secondary N) is 1. The number of halogens is 2. The predicted molar refractivity (Wildman–Crippen MR) is 82.3 cm³/mol. The molecule has 0 bridgehead atoms. The number of aromatic nitrogens is 2. The molecule has 0 fully saturated rings. The zero-order valence-corrected chi connectivity index (χ0v) is 12.8. The lowest BCUT2D eigenvalue weighted by molar-refractivity contribution is 0.417. The van der Waals surface area contributed by atoms with E-state index in [1.807, 2.05) is 0 Å². The molecule has 1 aromatic heterocycles. The molecule has 2 aromatic rings. The van der Waals surface area contributed by atoms with Crippen LogP contribution in [0, 0.1) is 0 Å². The van der Waals surface area contributed by atoms with Crippen LogP contribution >= 0.6 is 23.2 Å². The van der Waals surface area contributed by atoms with E-state index in [4.69, 9.17) is 27.9 Å². The molecule has 2 rings (SSSR count). The Balaban J connectivity index is 2.31. The SMILES string of the molecule is CCCc1nc(Cl)cc(Nc2cc(Cl)ccc2OC)n1. The van der Waals surface area contributed by atoms with Gasteiger partial charge in [-0.05, 0) is 24.6 Å². The molecule has 0 aliphatic heterocycles. The summed E-state index contributed by atoms with van der Waals surface area (Å²) in [7, 11) is 1.60. The van der Waals surface area contributed by atoms with Gasteiger partial charge in [0.25, 0.3) is 0 Å². The summed E-state index contributed by atoms with van der Waals surface area (Å²) in [5.41, 5.74) is 0.734. The summed E-state index contributed by atoms with van der Waals surface area (Å²) in [5, 5.41) is 4.18. The molecule has 0 aliphatic carbocycles. The summed E-state index contributed by atoms with van der Waals surface area (Å²) < 4.78 is 5.28. The maximum atomic E-state index is 6.01. The minimum absolute atomic E-state index is 0.409. The molecule has 1 aromatic carbocycles. The van der Waals surface area contributed by atoms with Gasteiger partial charge in [-0.3, -0.25) is 0 Å². The van der Waals surface area contributed by atoms with E-state index in [2.05, 4.69) is 22.2 Å². The van der Waals surface area contributed by atoms with Crippen molar-refractivity contribution in [2.45, 2.75) is 19.8 Å². The lowest BCUT2D eigenvalue weighted by Gasteiger charge is -2.11. The number of benzene rings is 1. The first-order chi connectivity index (χ1) is 9.62. The van der Waals surface area contributed by atoms with Crippen LogP contribution in [0.5, 0.6) is 5.75 Å². The fraction of sp³-hybridized carbons (Fsp3) is 0.286. The summed E-state index contributed by atoms with van der Waals surface area (Å²) in [6.45, 7) is 2.07. The number of aryl methyl sites for hydroxylation is 1. The lowest BCUT2D eigenvalue weighted by atomic mass is 10.3. The van der Waals surface area contributed by atoms with Crippen molar-refractivity contribution in [1.82, 2.24) is 9.97 Å². The molecular weight excluding hydrogens is 297 g/mol. The number of nitrogens with zero attached hydrogens (tertiary/aromatic N) is 2. The quantitative estimate of drug-likeness (QED) is 0.826. The first kappa shape index (κ1) is 14.9. The Morgan fingerprint density at radius 2 is 2.00 bits per heavy atom. The topological polar surface area (TPSA) is 47.0 Å². The molecule has 20 heavy (non-hydrogen) atoms. The molecule has 6 heteroatoms. The van der Waals surface area contributed by atoms with Crippen LogP contribution in [0.25, 0.3) is 0 Å². The maximum absolute atomic E-state index is 6.01. The molecule has 0 aliphatic rings. The van der Waals surface area contributed by atoms with Crippen molar-refractivity contribution in [3.8, 4) is 5.75 Å². The van der Waals surface area contributed by atoms with Gasteiger partial charge in [0, 0.05) is 17.5 Å². The third-order valence-electron chi connectivity index (χ3n) is 2.64. The molecule has 1 N–H and O–H groups in total. The first-order valence-corrected chi connectivity index (χ1v) is 7.02. The highest BCUT2D eigenvalue weighted by Gasteiger charge is 2.07. The number of anilines is 2. The van der Waals surface area contributed by atoms with Gasteiger partial charge >= 0.3 is 0 Å². The van der Waals surface area contributed by atoms with Crippen LogP contribution in [0.2, 0.25) is 10.2 Å². The molecule has 0 atom stereocenters. The number of methoxy groups -OCH3 is 1. The van der Waals surface area contributed by atoms with Gasteiger partial charge in [-0.1, -0.05) is 30.1 Å². The van der Waals surface area contributed by atoms with Crippen molar-refractivity contribution < 1.29 is 4.74 Å². The molecule has 0 radical (unpaired) electrons. The Labute approximate surface area is 128 Å². The Morgan fingerprint density at radius 3 is 2.70 bits per heavy atom. The number of ether oxygens (including phenoxy) is 1. The van der Waals surface area contributed by atoms with Crippen LogP contribution < -0.4 is 10.1 Å². The molecule has 1 heterocycles. The van der Waals surface area contributed by atoms with E-state index in [9.17, 15) is 0 Å². The average Bonchev–Trinajstić information content (AvgIpc) is 2.38. The third-order valence-corrected chi connectivity index (χ3v) is 3.07. The highest BCUT2D eigenvalue weighted by molar-refractivity contribution is 6.31. The van der Waals surface area contributed by atoms with Gasteiger partial charge in [-0.25, -0.2) is 9.97 Å². The Bertz CT molecular complexity index is 605. The number of hydrogen-bond donors (Lipinski definition) is 1. The van der Waals surface area contributed by atoms with E-state index in [1.165, 1.54) is 0 Å². The Kier molecular flexibility index (Phi) is 5.04. The molecule has 0 amide bonds. The standard InChI is InChI=1S/C14H15Cl2N3O/c1-3-4-13-18-12(16)8-14(19-13)17-10-7-9(15)5-6-11(10)20-2/h5-8H,3-4H2,1-2H3,(H,17,18,19). The highest BCUT2D eigenvalue weighted by atomic mass is 35.5. The monoisotopic (exact) mass is 311 g/mol.